The van der Waals surface area contributed by atoms with Crippen molar-refractivity contribution < 1.29 is 14.0 Å². The van der Waals surface area contributed by atoms with Crippen molar-refractivity contribution in [1.29, 1.82) is 0 Å². The average molecular weight is 450 g/mol. The minimum absolute atomic E-state index is 0.541. The molecule has 1 saturated heterocycles. The molecule has 0 atom stereocenters. The van der Waals surface area contributed by atoms with E-state index < -0.39 is 0 Å². The summed E-state index contributed by atoms with van der Waals surface area (Å²) in [6.07, 6.45) is 3.71. The average Bonchev–Trinajstić information content (AvgIpc) is 3.26. The molecule has 1 fully saturated rings. The molecule has 0 saturated carbocycles. The van der Waals surface area contributed by atoms with Gasteiger partial charge >= 0.3 is 0 Å². The van der Waals surface area contributed by atoms with Gasteiger partial charge in [0.05, 0.1) is 0 Å². The normalized spacial score (nSPS) is 15.2. The second-order valence-corrected chi connectivity index (χ2v) is 7.88. The maximum Gasteiger partial charge on any atom is 0.228 e. The minimum atomic E-state index is 0.541. The lowest BCUT2D eigenvalue weighted by molar-refractivity contribution is 0.0205. The molecule has 0 radical (unpaired) electrons. The first-order valence-electron chi connectivity index (χ1n) is 11.0. The Bertz CT molecular complexity index is 808. The Morgan fingerprint density at radius 2 is 2.16 bits per heavy atom. The topological polar surface area (TPSA) is 93.8 Å². The van der Waals surface area contributed by atoms with E-state index in [0.29, 0.717) is 42.2 Å². The van der Waals surface area contributed by atoms with Crippen LogP contribution in [0.1, 0.15) is 32.1 Å². The molecule has 170 valence electrons. The van der Waals surface area contributed by atoms with Crippen LogP contribution in [0.3, 0.4) is 0 Å². The van der Waals surface area contributed by atoms with Crippen molar-refractivity contribution in [3.8, 4) is 11.4 Å². The molecule has 1 aliphatic heterocycles. The van der Waals surface area contributed by atoms with Crippen LogP contribution >= 0.6 is 11.6 Å². The molecule has 2 N–H and O–H groups in total. The molecule has 0 spiro atoms. The minimum Gasteiger partial charge on any atom is -0.381 e. The molecule has 31 heavy (non-hydrogen) atoms. The highest BCUT2D eigenvalue weighted by atomic mass is 35.5. The number of nitrogens with one attached hydrogen (secondary N) is 2. The highest BCUT2D eigenvalue weighted by Crippen LogP contribution is 2.20. The van der Waals surface area contributed by atoms with Gasteiger partial charge in [0.25, 0.3) is 0 Å². The maximum absolute atomic E-state index is 6.03. The van der Waals surface area contributed by atoms with E-state index in [1.165, 1.54) is 0 Å². The lowest BCUT2D eigenvalue weighted by atomic mass is 10.0. The van der Waals surface area contributed by atoms with Crippen LogP contribution in [0.2, 0.25) is 5.02 Å². The lowest BCUT2D eigenvalue weighted by Crippen LogP contribution is -2.38. The Morgan fingerprint density at radius 3 is 2.97 bits per heavy atom. The van der Waals surface area contributed by atoms with Gasteiger partial charge in [-0.2, -0.15) is 4.98 Å². The fraction of sp³-hybridized carbons (Fsp3) is 0.591. The number of aromatic nitrogens is 2. The number of rotatable bonds is 11. The van der Waals surface area contributed by atoms with Gasteiger partial charge in [-0.25, -0.2) is 0 Å². The Morgan fingerprint density at radius 1 is 1.29 bits per heavy atom. The van der Waals surface area contributed by atoms with Gasteiger partial charge in [-0.15, -0.1) is 0 Å². The summed E-state index contributed by atoms with van der Waals surface area (Å²) in [4.78, 5) is 9.04. The van der Waals surface area contributed by atoms with Crippen molar-refractivity contribution in [2.45, 2.75) is 32.6 Å². The molecule has 2 aromatic rings. The van der Waals surface area contributed by atoms with Crippen molar-refractivity contribution >= 4 is 17.6 Å². The smallest absolute Gasteiger partial charge is 0.228 e. The zero-order valence-corrected chi connectivity index (χ0v) is 18.9. The third kappa shape index (κ3) is 8.47. The summed E-state index contributed by atoms with van der Waals surface area (Å²) in [7, 11) is 0. The number of guanidine groups is 1. The Hall–Kier alpha value is -2.16. The molecule has 1 aromatic heterocycles. The molecule has 0 unspecified atom stereocenters. The maximum atomic E-state index is 6.03. The standard InChI is InChI=1S/C22H32ClN5O3/c1-2-24-22(25-10-4-12-30-16-17-8-13-29-14-9-17)26-11-7-20-27-21(28-31-20)18-5-3-6-19(23)15-18/h3,5-6,15,17H,2,4,7-14,16H2,1H3,(H2,24,25,26). The monoisotopic (exact) mass is 449 g/mol. The van der Waals surface area contributed by atoms with E-state index in [0.717, 1.165) is 63.8 Å². The fourth-order valence-electron chi connectivity index (χ4n) is 3.25. The molecule has 0 bridgehead atoms. The number of hydrogen-bond acceptors (Lipinski definition) is 6. The second-order valence-electron chi connectivity index (χ2n) is 7.44. The molecular formula is C22H32ClN5O3. The van der Waals surface area contributed by atoms with Gasteiger partial charge in [0.1, 0.15) is 0 Å². The Labute approximate surface area is 188 Å². The number of ether oxygens (including phenoxy) is 2. The molecule has 3 rings (SSSR count). The van der Waals surface area contributed by atoms with E-state index >= 15 is 0 Å². The Kier molecular flexibility index (Phi) is 10.1. The molecule has 9 heteroatoms. The van der Waals surface area contributed by atoms with E-state index in [4.69, 9.17) is 25.6 Å². The summed E-state index contributed by atoms with van der Waals surface area (Å²) >= 11 is 6.03. The molecule has 0 amide bonds. The van der Waals surface area contributed by atoms with Gasteiger partial charge in [0.2, 0.25) is 11.7 Å². The largest absolute Gasteiger partial charge is 0.381 e. The summed E-state index contributed by atoms with van der Waals surface area (Å²) in [5.41, 5.74) is 0.837. The van der Waals surface area contributed by atoms with Gasteiger partial charge in [-0.1, -0.05) is 28.9 Å². The predicted octanol–water partition coefficient (Wildman–Crippen LogP) is 3.32. The van der Waals surface area contributed by atoms with Gasteiger partial charge < -0.3 is 24.6 Å². The van der Waals surface area contributed by atoms with Gasteiger partial charge in [0, 0.05) is 63.1 Å². The number of halogens is 1. The van der Waals surface area contributed by atoms with Crippen LogP contribution in [0.4, 0.5) is 0 Å². The van der Waals surface area contributed by atoms with Crippen LogP contribution in [-0.4, -0.2) is 62.2 Å². The van der Waals surface area contributed by atoms with Crippen LogP contribution in [0.25, 0.3) is 11.4 Å². The second kappa shape index (κ2) is 13.3. The van der Waals surface area contributed by atoms with E-state index in [1.807, 2.05) is 31.2 Å². The van der Waals surface area contributed by atoms with Crippen LogP contribution in [-0.2, 0) is 15.9 Å². The number of benzene rings is 1. The van der Waals surface area contributed by atoms with Crippen molar-refractivity contribution in [2.75, 3.05) is 46.1 Å². The van der Waals surface area contributed by atoms with Crippen LogP contribution in [0, 0.1) is 5.92 Å². The van der Waals surface area contributed by atoms with Crippen molar-refractivity contribution in [1.82, 2.24) is 20.8 Å². The fourth-order valence-corrected chi connectivity index (χ4v) is 3.44. The highest BCUT2D eigenvalue weighted by Gasteiger charge is 2.13. The van der Waals surface area contributed by atoms with Gasteiger partial charge in [0.15, 0.2) is 5.96 Å². The highest BCUT2D eigenvalue weighted by molar-refractivity contribution is 6.30. The molecule has 0 aliphatic carbocycles. The van der Waals surface area contributed by atoms with Crippen molar-refractivity contribution in [3.05, 3.63) is 35.2 Å². The number of nitrogens with zero attached hydrogens (tertiary/aromatic N) is 3. The van der Waals surface area contributed by atoms with Gasteiger partial charge in [-0.3, -0.25) is 4.99 Å². The summed E-state index contributed by atoms with van der Waals surface area (Å²) < 4.78 is 16.5. The molecular weight excluding hydrogens is 418 g/mol. The van der Waals surface area contributed by atoms with E-state index in [9.17, 15) is 0 Å². The van der Waals surface area contributed by atoms with Gasteiger partial charge in [-0.05, 0) is 44.2 Å². The SMILES string of the molecule is CCNC(=NCCCOCC1CCOCC1)NCCc1nc(-c2cccc(Cl)c2)no1. The van der Waals surface area contributed by atoms with E-state index in [1.54, 1.807) is 0 Å². The van der Waals surface area contributed by atoms with Crippen LogP contribution in [0.15, 0.2) is 33.8 Å². The lowest BCUT2D eigenvalue weighted by Gasteiger charge is -2.21. The summed E-state index contributed by atoms with van der Waals surface area (Å²) in [5.74, 6) is 2.53. The van der Waals surface area contributed by atoms with Crippen molar-refractivity contribution in [3.63, 3.8) is 0 Å². The number of aliphatic imine (C=N–C) groups is 1. The summed E-state index contributed by atoms with van der Waals surface area (Å²) in [6.45, 7) is 7.48. The zero-order valence-electron chi connectivity index (χ0n) is 18.1. The van der Waals surface area contributed by atoms with Crippen LogP contribution in [0.5, 0.6) is 0 Å². The van der Waals surface area contributed by atoms with Crippen molar-refractivity contribution in [2.24, 2.45) is 10.9 Å². The number of hydrogen-bond donors (Lipinski definition) is 2. The first-order chi connectivity index (χ1) is 15.2. The first-order valence-corrected chi connectivity index (χ1v) is 11.4. The molecule has 8 nitrogen and oxygen atoms in total. The molecule has 1 aromatic carbocycles. The summed E-state index contributed by atoms with van der Waals surface area (Å²) in [5, 5.41) is 11.2. The third-order valence-electron chi connectivity index (χ3n) is 4.94. The van der Waals surface area contributed by atoms with E-state index in [-0.39, 0.29) is 0 Å². The first kappa shape index (κ1) is 23.5. The zero-order chi connectivity index (χ0) is 21.7. The molecule has 2 heterocycles. The quantitative estimate of drug-likeness (QED) is 0.308. The molecule has 1 aliphatic rings. The van der Waals surface area contributed by atoms with Crippen LogP contribution < -0.4 is 10.6 Å². The predicted molar refractivity (Wildman–Crippen MR) is 121 cm³/mol. The summed E-state index contributed by atoms with van der Waals surface area (Å²) in [6, 6.07) is 7.40. The third-order valence-corrected chi connectivity index (χ3v) is 5.17. The van der Waals surface area contributed by atoms with E-state index in [2.05, 4.69) is 25.8 Å². The Balaban J connectivity index is 1.35.